The molecular weight excluding hydrogens is 300 g/mol. The minimum Gasteiger partial charge on any atom is -0.321 e. The van der Waals surface area contributed by atoms with Crippen LogP contribution in [0.5, 0.6) is 0 Å². The van der Waals surface area contributed by atoms with Crippen molar-refractivity contribution in [2.24, 2.45) is 13.0 Å². The molecule has 1 heterocycles. The lowest BCUT2D eigenvalue weighted by Gasteiger charge is -2.09. The third-order valence-electron chi connectivity index (χ3n) is 4.13. The average Bonchev–Trinajstić information content (AvgIpc) is 3.28. The molecule has 1 aliphatic rings. The number of nitrogens with one attached hydrogen (secondary N) is 1. The number of hydrogen-bond acceptors (Lipinski definition) is 2. The number of aromatic nitrogens is 1. The van der Waals surface area contributed by atoms with Crippen LogP contribution in [0, 0.1) is 12.8 Å². The molecule has 1 amide bonds. The summed E-state index contributed by atoms with van der Waals surface area (Å²) in [5.74, 6) is -0.00859. The molecule has 0 aliphatic heterocycles. The van der Waals surface area contributed by atoms with Crippen molar-refractivity contribution < 1.29 is 4.79 Å². The molecule has 0 radical (unpaired) electrons. The Balaban J connectivity index is 1.75. The summed E-state index contributed by atoms with van der Waals surface area (Å²) >= 11 is 5.99. The van der Waals surface area contributed by atoms with Crippen LogP contribution in [0.1, 0.15) is 23.5 Å². The normalized spacial score (nSPS) is 19.8. The molecule has 22 heavy (non-hydrogen) atoms. The van der Waals surface area contributed by atoms with E-state index in [9.17, 15) is 9.59 Å². The Morgan fingerprint density at radius 2 is 2.14 bits per heavy atom. The van der Waals surface area contributed by atoms with E-state index in [1.165, 1.54) is 4.57 Å². The Morgan fingerprint density at radius 1 is 1.36 bits per heavy atom. The molecule has 3 rings (SSSR count). The molecule has 0 spiro atoms. The van der Waals surface area contributed by atoms with Crippen LogP contribution in [-0.2, 0) is 11.8 Å². The Labute approximate surface area is 133 Å². The minimum absolute atomic E-state index is 0.0946. The molecule has 1 fully saturated rings. The highest BCUT2D eigenvalue weighted by molar-refractivity contribution is 6.30. The molecule has 5 heteroatoms. The topological polar surface area (TPSA) is 51.1 Å². The summed E-state index contributed by atoms with van der Waals surface area (Å²) in [6.07, 6.45) is 2.48. The Kier molecular flexibility index (Phi) is 3.79. The number of halogens is 1. The molecule has 0 saturated heterocycles. The van der Waals surface area contributed by atoms with Crippen LogP contribution < -0.4 is 10.9 Å². The van der Waals surface area contributed by atoms with Gasteiger partial charge < -0.3 is 9.88 Å². The molecule has 1 aromatic carbocycles. The molecule has 1 N–H and O–H groups in total. The third kappa shape index (κ3) is 2.79. The van der Waals surface area contributed by atoms with E-state index in [1.54, 1.807) is 13.2 Å². The Morgan fingerprint density at radius 3 is 2.86 bits per heavy atom. The number of benzene rings is 1. The van der Waals surface area contributed by atoms with Gasteiger partial charge in [-0.25, -0.2) is 0 Å². The first-order valence-corrected chi connectivity index (χ1v) is 7.57. The second-order valence-corrected chi connectivity index (χ2v) is 6.22. The van der Waals surface area contributed by atoms with Gasteiger partial charge in [-0.15, -0.1) is 0 Å². The number of carbonyl (C=O) groups is 1. The zero-order chi connectivity index (χ0) is 15.9. The molecule has 1 saturated carbocycles. The number of pyridine rings is 1. The summed E-state index contributed by atoms with van der Waals surface area (Å²) in [4.78, 5) is 24.5. The summed E-state index contributed by atoms with van der Waals surface area (Å²) < 4.78 is 1.46. The lowest BCUT2D eigenvalue weighted by Crippen LogP contribution is -2.26. The van der Waals surface area contributed by atoms with E-state index in [4.69, 9.17) is 11.6 Å². The molecule has 2 atom stereocenters. The van der Waals surface area contributed by atoms with Gasteiger partial charge in [-0.2, -0.15) is 0 Å². The van der Waals surface area contributed by atoms with Gasteiger partial charge in [-0.1, -0.05) is 23.7 Å². The van der Waals surface area contributed by atoms with Crippen molar-refractivity contribution in [3.63, 3.8) is 0 Å². The van der Waals surface area contributed by atoms with Crippen molar-refractivity contribution in [2.75, 3.05) is 5.32 Å². The smallest absolute Gasteiger partial charge is 0.274 e. The SMILES string of the molecule is Cc1ccn(C)c(=O)c1NC(=O)C1CC1c1cccc(Cl)c1. The van der Waals surface area contributed by atoms with Crippen molar-refractivity contribution in [3.8, 4) is 0 Å². The first-order valence-electron chi connectivity index (χ1n) is 7.20. The van der Waals surface area contributed by atoms with Gasteiger partial charge in [0, 0.05) is 24.2 Å². The lowest BCUT2D eigenvalue weighted by atomic mass is 10.1. The Bertz CT molecular complexity index is 797. The van der Waals surface area contributed by atoms with Gasteiger partial charge in [0.1, 0.15) is 5.69 Å². The van der Waals surface area contributed by atoms with Crippen molar-refractivity contribution in [1.82, 2.24) is 4.57 Å². The van der Waals surface area contributed by atoms with Crippen LogP contribution in [0.4, 0.5) is 5.69 Å². The van der Waals surface area contributed by atoms with Crippen LogP contribution in [-0.4, -0.2) is 10.5 Å². The standard InChI is InChI=1S/C17H17ClN2O2/c1-10-6-7-20(2)17(22)15(10)19-16(21)14-9-13(14)11-4-3-5-12(18)8-11/h3-8,13-14H,9H2,1-2H3,(H,19,21). The molecule has 1 aliphatic carbocycles. The van der Waals surface area contributed by atoms with Crippen molar-refractivity contribution in [3.05, 3.63) is 63.0 Å². The van der Waals surface area contributed by atoms with E-state index < -0.39 is 0 Å². The number of carbonyl (C=O) groups excluding carboxylic acids is 1. The van der Waals surface area contributed by atoms with Gasteiger partial charge >= 0.3 is 0 Å². The summed E-state index contributed by atoms with van der Waals surface area (Å²) in [6, 6.07) is 9.41. The minimum atomic E-state index is -0.187. The molecule has 0 bridgehead atoms. The van der Waals surface area contributed by atoms with Crippen LogP contribution in [0.3, 0.4) is 0 Å². The zero-order valence-electron chi connectivity index (χ0n) is 12.5. The zero-order valence-corrected chi connectivity index (χ0v) is 13.2. The molecule has 2 unspecified atom stereocenters. The fourth-order valence-corrected chi connectivity index (χ4v) is 2.88. The molecule has 2 aromatic rings. The highest BCUT2D eigenvalue weighted by atomic mass is 35.5. The monoisotopic (exact) mass is 316 g/mol. The number of amides is 1. The van der Waals surface area contributed by atoms with Crippen LogP contribution in [0.15, 0.2) is 41.3 Å². The maximum atomic E-state index is 12.4. The maximum Gasteiger partial charge on any atom is 0.274 e. The number of hydrogen-bond donors (Lipinski definition) is 1. The van der Waals surface area contributed by atoms with E-state index in [1.807, 2.05) is 37.3 Å². The van der Waals surface area contributed by atoms with Gasteiger partial charge in [-0.05, 0) is 48.6 Å². The second-order valence-electron chi connectivity index (χ2n) is 5.78. The fourth-order valence-electron chi connectivity index (χ4n) is 2.68. The highest BCUT2D eigenvalue weighted by Gasteiger charge is 2.44. The van der Waals surface area contributed by atoms with Crippen LogP contribution in [0.25, 0.3) is 0 Å². The van der Waals surface area contributed by atoms with E-state index in [-0.39, 0.29) is 23.3 Å². The first-order chi connectivity index (χ1) is 10.5. The van der Waals surface area contributed by atoms with E-state index in [0.29, 0.717) is 10.7 Å². The predicted octanol–water partition coefficient (Wildman–Crippen LogP) is 3.09. The summed E-state index contributed by atoms with van der Waals surface area (Å²) in [5.41, 5.74) is 2.03. The Hall–Kier alpha value is -2.07. The lowest BCUT2D eigenvalue weighted by molar-refractivity contribution is -0.117. The number of anilines is 1. The van der Waals surface area contributed by atoms with E-state index in [2.05, 4.69) is 5.32 Å². The highest BCUT2D eigenvalue weighted by Crippen LogP contribution is 2.48. The molecule has 1 aromatic heterocycles. The van der Waals surface area contributed by atoms with Gasteiger partial charge in [0.25, 0.3) is 5.56 Å². The van der Waals surface area contributed by atoms with E-state index in [0.717, 1.165) is 17.5 Å². The second kappa shape index (κ2) is 5.61. The predicted molar refractivity (Wildman–Crippen MR) is 87.3 cm³/mol. The number of nitrogens with zero attached hydrogens (tertiary/aromatic N) is 1. The van der Waals surface area contributed by atoms with Crippen molar-refractivity contribution in [1.29, 1.82) is 0 Å². The molecular formula is C17H17ClN2O2. The first kappa shape index (κ1) is 14.9. The molecule has 114 valence electrons. The quantitative estimate of drug-likeness (QED) is 0.946. The number of rotatable bonds is 3. The fraction of sp³-hybridized carbons (Fsp3) is 0.294. The van der Waals surface area contributed by atoms with Crippen molar-refractivity contribution in [2.45, 2.75) is 19.3 Å². The van der Waals surface area contributed by atoms with Crippen LogP contribution >= 0.6 is 11.6 Å². The van der Waals surface area contributed by atoms with Crippen LogP contribution in [0.2, 0.25) is 5.02 Å². The largest absolute Gasteiger partial charge is 0.321 e. The number of aryl methyl sites for hydroxylation is 2. The van der Waals surface area contributed by atoms with Gasteiger partial charge in [0.05, 0.1) is 0 Å². The van der Waals surface area contributed by atoms with E-state index >= 15 is 0 Å². The van der Waals surface area contributed by atoms with Gasteiger partial charge in [0.15, 0.2) is 0 Å². The molecule has 4 nitrogen and oxygen atoms in total. The summed E-state index contributed by atoms with van der Waals surface area (Å²) in [6.45, 7) is 1.82. The third-order valence-corrected chi connectivity index (χ3v) is 4.36. The average molecular weight is 317 g/mol. The summed E-state index contributed by atoms with van der Waals surface area (Å²) in [5, 5.41) is 3.47. The summed E-state index contributed by atoms with van der Waals surface area (Å²) in [7, 11) is 1.67. The van der Waals surface area contributed by atoms with Gasteiger partial charge in [0.2, 0.25) is 5.91 Å². The maximum absolute atomic E-state index is 12.4. The van der Waals surface area contributed by atoms with Gasteiger partial charge in [-0.3, -0.25) is 9.59 Å². The van der Waals surface area contributed by atoms with Crippen molar-refractivity contribution >= 4 is 23.2 Å².